The first kappa shape index (κ1) is 13.4. The van der Waals surface area contributed by atoms with Crippen molar-refractivity contribution in [2.75, 3.05) is 10.7 Å². The van der Waals surface area contributed by atoms with Crippen LogP contribution in [0.15, 0.2) is 22.8 Å². The Labute approximate surface area is 131 Å². The molecule has 0 unspecified atom stereocenters. The number of fused-ring (bicyclic) bond motifs is 1. The normalized spacial score (nSPS) is 10.8. The van der Waals surface area contributed by atoms with Gasteiger partial charge in [-0.3, -0.25) is 5.43 Å². The highest BCUT2D eigenvalue weighted by atomic mass is 79.9. The highest BCUT2D eigenvalue weighted by molar-refractivity contribution is 9.10. The maximum atomic E-state index is 6.21. The number of anilines is 3. The second-order valence-electron chi connectivity index (χ2n) is 3.71. The minimum absolute atomic E-state index is 0.287. The molecule has 102 valence electrons. The van der Waals surface area contributed by atoms with Crippen LogP contribution in [0, 0.1) is 0 Å². The number of hydrogen-bond donors (Lipinski definition) is 3. The molecule has 0 atom stereocenters. The second-order valence-corrected chi connectivity index (χ2v) is 5.50. The first-order valence-electron chi connectivity index (χ1n) is 5.36. The molecule has 4 N–H and O–H groups in total. The molecule has 0 bridgehead atoms. The fourth-order valence-electron chi connectivity index (χ4n) is 1.59. The van der Waals surface area contributed by atoms with Crippen LogP contribution in [0.2, 0.25) is 5.02 Å². The fourth-order valence-corrected chi connectivity index (χ4v) is 2.62. The van der Waals surface area contributed by atoms with Gasteiger partial charge in [-0.15, -0.1) is 0 Å². The van der Waals surface area contributed by atoms with Crippen LogP contribution in [0.25, 0.3) is 11.0 Å². The molecule has 0 fully saturated rings. The van der Waals surface area contributed by atoms with Crippen molar-refractivity contribution in [2.24, 2.45) is 5.84 Å². The zero-order valence-electron chi connectivity index (χ0n) is 9.76. The van der Waals surface area contributed by atoms with Crippen molar-refractivity contribution in [2.45, 2.75) is 0 Å². The molecule has 2 heterocycles. The lowest BCUT2D eigenvalue weighted by Gasteiger charge is -2.10. The summed E-state index contributed by atoms with van der Waals surface area (Å²) in [5.41, 5.74) is 4.48. The monoisotopic (exact) mass is 371 g/mol. The van der Waals surface area contributed by atoms with E-state index >= 15 is 0 Å². The first-order chi connectivity index (χ1) is 9.69. The minimum atomic E-state index is 0.287. The number of hydrogen-bond acceptors (Lipinski definition) is 8. The summed E-state index contributed by atoms with van der Waals surface area (Å²) in [6.07, 6.45) is 1.58. The van der Waals surface area contributed by atoms with Crippen molar-refractivity contribution in [1.29, 1.82) is 0 Å². The largest absolute Gasteiger partial charge is 0.336 e. The molecule has 0 radical (unpaired) electrons. The van der Waals surface area contributed by atoms with Gasteiger partial charge in [0.05, 0.1) is 26.9 Å². The maximum Gasteiger partial charge on any atom is 0.239 e. The lowest BCUT2D eigenvalue weighted by Crippen LogP contribution is -2.11. The summed E-state index contributed by atoms with van der Waals surface area (Å²) in [6.45, 7) is 0. The van der Waals surface area contributed by atoms with E-state index in [4.69, 9.17) is 17.4 Å². The van der Waals surface area contributed by atoms with Gasteiger partial charge in [0.15, 0.2) is 5.82 Å². The Hall–Kier alpha value is -1.55. The molecule has 10 heteroatoms. The van der Waals surface area contributed by atoms with E-state index in [1.165, 1.54) is 0 Å². The Bertz CT molecular complexity index is 777. The third-order valence-electron chi connectivity index (χ3n) is 2.49. The van der Waals surface area contributed by atoms with E-state index < -0.39 is 0 Å². The molecule has 0 aliphatic rings. The van der Waals surface area contributed by atoms with Crippen LogP contribution in [-0.2, 0) is 0 Å². The molecule has 0 aliphatic carbocycles. The van der Waals surface area contributed by atoms with E-state index in [1.54, 1.807) is 12.3 Å². The van der Waals surface area contributed by atoms with Gasteiger partial charge in [-0.25, -0.2) is 10.8 Å². The molecular formula is C10H7BrClN7S. The van der Waals surface area contributed by atoms with Crippen molar-refractivity contribution in [3.8, 4) is 0 Å². The molecule has 0 saturated carbocycles. The Balaban J connectivity index is 2.09. The van der Waals surface area contributed by atoms with Crippen molar-refractivity contribution in [3.63, 3.8) is 0 Å². The predicted octanol–water partition coefficient (Wildman–Crippen LogP) is 2.93. The topological polar surface area (TPSA) is 102 Å². The van der Waals surface area contributed by atoms with Crippen LogP contribution >= 0.6 is 39.3 Å². The quantitative estimate of drug-likeness (QED) is 0.480. The maximum absolute atomic E-state index is 6.21. The first-order valence-corrected chi connectivity index (χ1v) is 7.26. The number of aromatic nitrogens is 4. The Kier molecular flexibility index (Phi) is 3.66. The average molecular weight is 373 g/mol. The van der Waals surface area contributed by atoms with Gasteiger partial charge in [-0.1, -0.05) is 11.6 Å². The lowest BCUT2D eigenvalue weighted by atomic mass is 10.2. The molecule has 0 spiro atoms. The van der Waals surface area contributed by atoms with Gasteiger partial charge in [0, 0.05) is 6.20 Å². The highest BCUT2D eigenvalue weighted by Gasteiger charge is 2.13. The average Bonchev–Trinajstić information content (AvgIpc) is 2.92. The van der Waals surface area contributed by atoms with Gasteiger partial charge < -0.3 is 5.32 Å². The standard InChI is InChI=1S/C10H7BrClN7S/c11-4-3-14-10(17-13)16-9(4)15-7-5(12)1-2-6-8(7)19-20-18-6/h1-3H,13H2,(H2,14,15,16,17). The van der Waals surface area contributed by atoms with Gasteiger partial charge in [0.2, 0.25) is 5.95 Å². The van der Waals surface area contributed by atoms with Crippen LogP contribution in [0.5, 0.6) is 0 Å². The van der Waals surface area contributed by atoms with E-state index in [0.717, 1.165) is 17.2 Å². The van der Waals surface area contributed by atoms with Gasteiger partial charge in [0.25, 0.3) is 0 Å². The molecule has 0 amide bonds. The van der Waals surface area contributed by atoms with Gasteiger partial charge in [-0.05, 0) is 28.1 Å². The van der Waals surface area contributed by atoms with Gasteiger partial charge >= 0.3 is 0 Å². The molecule has 7 nitrogen and oxygen atoms in total. The van der Waals surface area contributed by atoms with E-state index in [-0.39, 0.29) is 5.95 Å². The van der Waals surface area contributed by atoms with Gasteiger partial charge in [0.1, 0.15) is 11.0 Å². The summed E-state index contributed by atoms with van der Waals surface area (Å²) in [5, 5.41) is 3.65. The number of halogens is 2. The molecule has 20 heavy (non-hydrogen) atoms. The van der Waals surface area contributed by atoms with Crippen LogP contribution < -0.4 is 16.6 Å². The number of hydrazine groups is 1. The highest BCUT2D eigenvalue weighted by Crippen LogP contribution is 2.34. The summed E-state index contributed by atoms with van der Waals surface area (Å²) in [7, 11) is 0. The van der Waals surface area contributed by atoms with Crippen molar-refractivity contribution >= 4 is 67.7 Å². The predicted molar refractivity (Wildman–Crippen MR) is 83.2 cm³/mol. The van der Waals surface area contributed by atoms with Crippen LogP contribution in [0.1, 0.15) is 0 Å². The van der Waals surface area contributed by atoms with Gasteiger partial charge in [-0.2, -0.15) is 13.7 Å². The second kappa shape index (κ2) is 5.44. The molecule has 2 aromatic heterocycles. The summed E-state index contributed by atoms with van der Waals surface area (Å²) in [5.74, 6) is 6.11. The number of rotatable bonds is 3. The Morgan fingerprint density at radius 3 is 2.95 bits per heavy atom. The molecule has 1 aromatic carbocycles. The van der Waals surface area contributed by atoms with Crippen LogP contribution in [0.4, 0.5) is 17.5 Å². The smallest absolute Gasteiger partial charge is 0.239 e. The zero-order valence-corrected chi connectivity index (χ0v) is 12.9. The number of nitrogens with one attached hydrogen (secondary N) is 2. The van der Waals surface area contributed by atoms with E-state index in [1.807, 2.05) is 6.07 Å². The molecule has 0 aliphatic heterocycles. The number of benzene rings is 1. The summed E-state index contributed by atoms with van der Waals surface area (Å²) < 4.78 is 9.08. The molecule has 3 rings (SSSR count). The van der Waals surface area contributed by atoms with Crippen LogP contribution in [-0.4, -0.2) is 18.7 Å². The molecule has 0 saturated heterocycles. The van der Waals surface area contributed by atoms with Crippen molar-refractivity contribution < 1.29 is 0 Å². The molecular weight excluding hydrogens is 366 g/mol. The number of nitrogens with two attached hydrogens (primary N) is 1. The van der Waals surface area contributed by atoms with Crippen molar-refractivity contribution in [3.05, 3.63) is 27.8 Å². The van der Waals surface area contributed by atoms with Crippen molar-refractivity contribution in [1.82, 2.24) is 18.7 Å². The third kappa shape index (κ3) is 2.40. The SMILES string of the molecule is NNc1ncc(Br)c(Nc2c(Cl)ccc3nsnc23)n1. The summed E-state index contributed by atoms with van der Waals surface area (Å²) in [6, 6.07) is 3.57. The fraction of sp³-hybridized carbons (Fsp3) is 0. The Morgan fingerprint density at radius 1 is 1.30 bits per heavy atom. The zero-order chi connectivity index (χ0) is 14.1. The van der Waals surface area contributed by atoms with E-state index in [0.29, 0.717) is 26.5 Å². The molecule has 3 aromatic rings. The summed E-state index contributed by atoms with van der Waals surface area (Å²) in [4.78, 5) is 8.19. The Morgan fingerprint density at radius 2 is 2.15 bits per heavy atom. The number of nitrogen functional groups attached to an aromatic ring is 1. The van der Waals surface area contributed by atoms with Crippen LogP contribution in [0.3, 0.4) is 0 Å². The minimum Gasteiger partial charge on any atom is -0.336 e. The lowest BCUT2D eigenvalue weighted by molar-refractivity contribution is 1.11. The third-order valence-corrected chi connectivity index (χ3v) is 3.93. The summed E-state index contributed by atoms with van der Waals surface area (Å²) >= 11 is 10.7. The number of nitrogens with zero attached hydrogens (tertiary/aromatic N) is 4. The van der Waals surface area contributed by atoms with E-state index in [2.05, 4.69) is 45.4 Å². The van der Waals surface area contributed by atoms with E-state index in [9.17, 15) is 0 Å².